The second-order valence-electron chi connectivity index (χ2n) is 4.79. The Balaban J connectivity index is 2.15. The van der Waals surface area contributed by atoms with E-state index in [-0.39, 0.29) is 11.1 Å². The van der Waals surface area contributed by atoms with Crippen molar-refractivity contribution in [1.29, 1.82) is 5.26 Å². The highest BCUT2D eigenvalue weighted by Crippen LogP contribution is 2.17. The number of esters is 1. The van der Waals surface area contributed by atoms with Crippen molar-refractivity contribution in [3.8, 4) is 6.07 Å². The molecule has 1 N–H and O–H groups in total. The van der Waals surface area contributed by atoms with Crippen molar-refractivity contribution in [3.63, 3.8) is 0 Å². The molecule has 0 unspecified atom stereocenters. The largest absolute Gasteiger partial charge is 0.465 e. The molecule has 0 bridgehead atoms. The normalized spacial score (nSPS) is 14.8. The number of carbonyl (C=O) groups is 2. The molecular weight excluding hydrogens is 298 g/mol. The first kappa shape index (κ1) is 16.5. The number of morpholine rings is 1. The maximum atomic E-state index is 12.3. The molecule has 1 heterocycles. The standard InChI is InChI=1S/C16H17N3O4/c1-22-16(21)13-4-2-3-5-14(13)18-15(20)12(10-17)11-19-6-8-23-9-7-19/h2-5,11H,6-9H2,1H3,(H,18,20)/b12-11-. The highest BCUT2D eigenvalue weighted by atomic mass is 16.5. The third-order valence-corrected chi connectivity index (χ3v) is 3.30. The van der Waals surface area contributed by atoms with E-state index in [4.69, 9.17) is 4.74 Å². The van der Waals surface area contributed by atoms with Crippen molar-refractivity contribution >= 4 is 17.6 Å². The van der Waals surface area contributed by atoms with Gasteiger partial charge in [-0.2, -0.15) is 5.26 Å². The number of nitrogens with one attached hydrogen (secondary N) is 1. The van der Waals surface area contributed by atoms with Gasteiger partial charge in [-0.3, -0.25) is 4.79 Å². The molecule has 2 rings (SSSR count). The summed E-state index contributed by atoms with van der Waals surface area (Å²) >= 11 is 0. The van der Waals surface area contributed by atoms with Crippen molar-refractivity contribution in [2.24, 2.45) is 0 Å². The minimum atomic E-state index is -0.574. The van der Waals surface area contributed by atoms with Crippen LogP contribution < -0.4 is 5.32 Å². The predicted molar refractivity (Wildman–Crippen MR) is 82.5 cm³/mol. The fraction of sp³-hybridized carbons (Fsp3) is 0.312. The van der Waals surface area contributed by atoms with Crippen molar-refractivity contribution in [3.05, 3.63) is 41.6 Å². The van der Waals surface area contributed by atoms with Gasteiger partial charge in [-0.25, -0.2) is 4.79 Å². The van der Waals surface area contributed by atoms with Crippen molar-refractivity contribution < 1.29 is 19.1 Å². The van der Waals surface area contributed by atoms with E-state index in [0.29, 0.717) is 32.0 Å². The quantitative estimate of drug-likeness (QED) is 0.509. The molecule has 0 spiro atoms. The number of rotatable bonds is 4. The van der Waals surface area contributed by atoms with Crippen LogP contribution in [0.3, 0.4) is 0 Å². The molecule has 120 valence electrons. The lowest BCUT2D eigenvalue weighted by molar-refractivity contribution is -0.112. The molecule has 23 heavy (non-hydrogen) atoms. The number of ether oxygens (including phenoxy) is 2. The first-order chi connectivity index (χ1) is 11.2. The van der Waals surface area contributed by atoms with Crippen LogP contribution >= 0.6 is 0 Å². The van der Waals surface area contributed by atoms with Gasteiger partial charge >= 0.3 is 5.97 Å². The van der Waals surface area contributed by atoms with Gasteiger partial charge in [-0.05, 0) is 12.1 Å². The van der Waals surface area contributed by atoms with E-state index in [1.54, 1.807) is 24.3 Å². The molecule has 1 aliphatic rings. The van der Waals surface area contributed by atoms with Crippen LogP contribution in [0.25, 0.3) is 0 Å². The summed E-state index contributed by atoms with van der Waals surface area (Å²) in [4.78, 5) is 25.8. The zero-order valence-corrected chi connectivity index (χ0v) is 12.7. The van der Waals surface area contributed by atoms with Crippen LogP contribution in [-0.2, 0) is 14.3 Å². The first-order valence-electron chi connectivity index (χ1n) is 7.08. The Morgan fingerprint density at radius 3 is 2.70 bits per heavy atom. The smallest absolute Gasteiger partial charge is 0.339 e. The average Bonchev–Trinajstić information content (AvgIpc) is 2.60. The van der Waals surface area contributed by atoms with Gasteiger partial charge in [-0.15, -0.1) is 0 Å². The molecule has 1 fully saturated rings. The third kappa shape index (κ3) is 4.31. The number of benzene rings is 1. The number of para-hydroxylation sites is 1. The van der Waals surface area contributed by atoms with E-state index < -0.39 is 11.9 Å². The summed E-state index contributed by atoms with van der Waals surface area (Å²) in [6.07, 6.45) is 1.51. The maximum absolute atomic E-state index is 12.3. The van der Waals surface area contributed by atoms with E-state index in [0.717, 1.165) is 0 Å². The molecule has 0 radical (unpaired) electrons. The minimum absolute atomic E-state index is 0.0356. The summed E-state index contributed by atoms with van der Waals surface area (Å²) in [6.45, 7) is 2.36. The van der Waals surface area contributed by atoms with Crippen LogP contribution in [0.1, 0.15) is 10.4 Å². The molecule has 0 atom stereocenters. The minimum Gasteiger partial charge on any atom is -0.465 e. The van der Waals surface area contributed by atoms with E-state index in [9.17, 15) is 14.9 Å². The number of hydrogen-bond acceptors (Lipinski definition) is 6. The van der Waals surface area contributed by atoms with Gasteiger partial charge in [0.1, 0.15) is 11.6 Å². The number of carbonyl (C=O) groups excluding carboxylic acids is 2. The Morgan fingerprint density at radius 1 is 1.35 bits per heavy atom. The zero-order valence-electron chi connectivity index (χ0n) is 12.7. The summed E-state index contributed by atoms with van der Waals surface area (Å²) in [7, 11) is 1.26. The topological polar surface area (TPSA) is 91.7 Å². The predicted octanol–water partition coefficient (Wildman–Crippen LogP) is 1.15. The summed E-state index contributed by atoms with van der Waals surface area (Å²) < 4.78 is 9.89. The molecule has 7 nitrogen and oxygen atoms in total. The Kier molecular flexibility index (Phi) is 5.72. The van der Waals surface area contributed by atoms with Crippen LogP contribution in [0, 0.1) is 11.3 Å². The van der Waals surface area contributed by atoms with Crippen molar-refractivity contribution in [2.75, 3.05) is 38.7 Å². The van der Waals surface area contributed by atoms with Crippen molar-refractivity contribution in [1.82, 2.24) is 4.90 Å². The fourth-order valence-electron chi connectivity index (χ4n) is 2.10. The third-order valence-electron chi connectivity index (χ3n) is 3.30. The van der Waals surface area contributed by atoms with Crippen LogP contribution in [0.2, 0.25) is 0 Å². The average molecular weight is 315 g/mol. The lowest BCUT2D eigenvalue weighted by atomic mass is 10.1. The van der Waals surface area contributed by atoms with Gasteiger partial charge < -0.3 is 19.7 Å². The van der Waals surface area contributed by atoms with Crippen LogP contribution in [0.4, 0.5) is 5.69 Å². The highest BCUT2D eigenvalue weighted by molar-refractivity contribution is 6.09. The Bertz CT molecular complexity index is 658. The van der Waals surface area contributed by atoms with Gasteiger partial charge in [0.2, 0.25) is 0 Å². The molecule has 1 saturated heterocycles. The molecule has 7 heteroatoms. The van der Waals surface area contributed by atoms with Crippen LogP contribution in [0.5, 0.6) is 0 Å². The van der Waals surface area contributed by atoms with Gasteiger partial charge in [0.25, 0.3) is 5.91 Å². The molecule has 1 aromatic rings. The van der Waals surface area contributed by atoms with Crippen LogP contribution in [-0.4, -0.2) is 50.2 Å². The lowest BCUT2D eigenvalue weighted by Gasteiger charge is -2.25. The van der Waals surface area contributed by atoms with Gasteiger partial charge in [0.15, 0.2) is 0 Å². The SMILES string of the molecule is COC(=O)c1ccccc1NC(=O)/C(C#N)=C\N1CCOCC1. The molecule has 1 amide bonds. The second kappa shape index (κ2) is 7.96. The molecule has 1 aliphatic heterocycles. The number of methoxy groups -OCH3 is 1. The highest BCUT2D eigenvalue weighted by Gasteiger charge is 2.17. The van der Waals surface area contributed by atoms with Gasteiger partial charge in [-0.1, -0.05) is 12.1 Å². The van der Waals surface area contributed by atoms with E-state index in [1.807, 2.05) is 11.0 Å². The van der Waals surface area contributed by atoms with E-state index >= 15 is 0 Å². The van der Waals surface area contributed by atoms with E-state index in [2.05, 4.69) is 10.1 Å². The summed E-state index contributed by atoms with van der Waals surface area (Å²) in [5.41, 5.74) is 0.492. The molecule has 0 aliphatic carbocycles. The second-order valence-corrected chi connectivity index (χ2v) is 4.79. The number of amides is 1. The Morgan fingerprint density at radius 2 is 2.04 bits per heavy atom. The number of anilines is 1. The Hall–Kier alpha value is -2.85. The number of hydrogen-bond donors (Lipinski definition) is 1. The molecule has 0 saturated carbocycles. The Labute approximate surface area is 134 Å². The maximum Gasteiger partial charge on any atom is 0.339 e. The van der Waals surface area contributed by atoms with Crippen molar-refractivity contribution in [2.45, 2.75) is 0 Å². The first-order valence-corrected chi connectivity index (χ1v) is 7.08. The number of nitriles is 1. The summed E-state index contributed by atoms with van der Waals surface area (Å²) in [5.74, 6) is -1.13. The van der Waals surface area contributed by atoms with E-state index in [1.165, 1.54) is 13.3 Å². The zero-order chi connectivity index (χ0) is 16.7. The summed E-state index contributed by atoms with van der Waals surface area (Å²) in [6, 6.07) is 8.34. The monoisotopic (exact) mass is 315 g/mol. The van der Waals surface area contributed by atoms with Gasteiger partial charge in [0.05, 0.1) is 31.6 Å². The molecule has 0 aromatic heterocycles. The molecular formula is C16H17N3O4. The number of nitrogens with zero attached hydrogens (tertiary/aromatic N) is 2. The molecule has 1 aromatic carbocycles. The fourth-order valence-corrected chi connectivity index (χ4v) is 2.10. The van der Waals surface area contributed by atoms with Gasteiger partial charge in [0, 0.05) is 19.3 Å². The lowest BCUT2D eigenvalue weighted by Crippen LogP contribution is -2.33. The van der Waals surface area contributed by atoms with Crippen LogP contribution in [0.15, 0.2) is 36.0 Å². The summed E-state index contributed by atoms with van der Waals surface area (Å²) in [5, 5.41) is 11.8.